The summed E-state index contributed by atoms with van der Waals surface area (Å²) < 4.78 is 0. The Kier molecular flexibility index (Phi) is 4.68. The molecule has 1 aromatic heterocycles. The molecule has 4 rings (SSSR count). The monoisotopic (exact) mass is 372 g/mol. The van der Waals surface area contributed by atoms with Gasteiger partial charge >= 0.3 is 0 Å². The molecule has 0 radical (unpaired) electrons. The van der Waals surface area contributed by atoms with Crippen molar-refractivity contribution in [2.24, 2.45) is 0 Å². The molecule has 0 saturated heterocycles. The Bertz CT molecular complexity index is 1110. The molecule has 2 N–H and O–H groups in total. The second-order valence-corrected chi connectivity index (χ2v) is 6.94. The molecule has 5 heteroatoms. The fraction of sp³-hybridized carbons (Fsp3) is 0. The van der Waals surface area contributed by atoms with Gasteiger partial charge in [-0.1, -0.05) is 48.5 Å². The molecule has 1 heterocycles. The second kappa shape index (κ2) is 7.43. The van der Waals surface area contributed by atoms with Crippen molar-refractivity contribution in [3.8, 4) is 0 Å². The van der Waals surface area contributed by atoms with Crippen LogP contribution in [0.5, 0.6) is 0 Å². The highest BCUT2D eigenvalue weighted by molar-refractivity contribution is 7.12. The van der Waals surface area contributed by atoms with Gasteiger partial charge in [-0.05, 0) is 46.5 Å². The van der Waals surface area contributed by atoms with E-state index >= 15 is 0 Å². The number of thiophene rings is 1. The molecule has 0 unspecified atom stereocenters. The fourth-order valence-corrected chi connectivity index (χ4v) is 3.46. The maximum Gasteiger partial charge on any atom is 0.265 e. The first-order chi connectivity index (χ1) is 13.2. The molecular formula is C22H16N2O2S. The van der Waals surface area contributed by atoms with Crippen LogP contribution in [0.3, 0.4) is 0 Å². The first-order valence-electron chi connectivity index (χ1n) is 8.45. The van der Waals surface area contributed by atoms with Gasteiger partial charge in [0, 0.05) is 5.69 Å². The van der Waals surface area contributed by atoms with Crippen molar-refractivity contribution >= 4 is 45.3 Å². The molecular weight excluding hydrogens is 356 g/mol. The average Bonchev–Trinajstić information content (AvgIpc) is 3.23. The van der Waals surface area contributed by atoms with Crippen molar-refractivity contribution in [1.82, 2.24) is 0 Å². The Labute approximate surface area is 160 Å². The van der Waals surface area contributed by atoms with Gasteiger partial charge in [-0.15, -0.1) is 11.3 Å². The van der Waals surface area contributed by atoms with Gasteiger partial charge in [0.05, 0.1) is 16.1 Å². The van der Waals surface area contributed by atoms with Crippen LogP contribution in [0.2, 0.25) is 0 Å². The molecule has 0 fully saturated rings. The van der Waals surface area contributed by atoms with Gasteiger partial charge < -0.3 is 10.6 Å². The Morgan fingerprint density at radius 2 is 1.41 bits per heavy atom. The molecule has 4 nitrogen and oxygen atoms in total. The third-order valence-electron chi connectivity index (χ3n) is 4.16. The minimum Gasteiger partial charge on any atom is -0.322 e. The number of para-hydroxylation sites is 1. The number of fused-ring (bicyclic) bond motifs is 1. The number of carbonyl (C=O) groups is 2. The van der Waals surface area contributed by atoms with Gasteiger partial charge in [-0.3, -0.25) is 9.59 Å². The number of nitrogens with one attached hydrogen (secondary N) is 2. The maximum atomic E-state index is 12.9. The van der Waals surface area contributed by atoms with Crippen LogP contribution in [-0.4, -0.2) is 11.8 Å². The lowest BCUT2D eigenvalue weighted by Crippen LogP contribution is -2.17. The summed E-state index contributed by atoms with van der Waals surface area (Å²) >= 11 is 1.36. The number of carbonyl (C=O) groups excluding carboxylic acids is 2. The van der Waals surface area contributed by atoms with Crippen LogP contribution in [0, 0.1) is 0 Å². The minimum atomic E-state index is -0.270. The summed E-state index contributed by atoms with van der Waals surface area (Å²) in [5.74, 6) is -0.498. The lowest BCUT2D eigenvalue weighted by Gasteiger charge is -2.13. The Morgan fingerprint density at radius 1 is 0.704 bits per heavy atom. The fourth-order valence-electron chi connectivity index (χ4n) is 2.84. The van der Waals surface area contributed by atoms with Crippen molar-refractivity contribution in [2.75, 3.05) is 10.6 Å². The molecule has 4 aromatic rings. The topological polar surface area (TPSA) is 58.2 Å². The van der Waals surface area contributed by atoms with Crippen LogP contribution in [0.25, 0.3) is 10.8 Å². The summed E-state index contributed by atoms with van der Waals surface area (Å²) in [5.41, 5.74) is 1.61. The van der Waals surface area contributed by atoms with E-state index in [9.17, 15) is 9.59 Å². The molecule has 0 atom stereocenters. The first kappa shape index (κ1) is 17.0. The van der Waals surface area contributed by atoms with E-state index in [2.05, 4.69) is 10.6 Å². The van der Waals surface area contributed by atoms with Crippen molar-refractivity contribution in [2.45, 2.75) is 0 Å². The minimum absolute atomic E-state index is 0.228. The zero-order valence-electron chi connectivity index (χ0n) is 14.3. The molecule has 27 heavy (non-hydrogen) atoms. The zero-order chi connectivity index (χ0) is 18.6. The lowest BCUT2D eigenvalue weighted by atomic mass is 10.0. The zero-order valence-corrected chi connectivity index (χ0v) is 15.1. The van der Waals surface area contributed by atoms with Gasteiger partial charge in [0.1, 0.15) is 0 Å². The summed E-state index contributed by atoms with van der Waals surface area (Å²) in [6.45, 7) is 0. The van der Waals surface area contributed by atoms with Gasteiger partial charge in [0.15, 0.2) is 0 Å². The van der Waals surface area contributed by atoms with Crippen LogP contribution in [-0.2, 0) is 0 Å². The van der Waals surface area contributed by atoms with Crippen LogP contribution < -0.4 is 10.6 Å². The number of amides is 2. The summed E-state index contributed by atoms with van der Waals surface area (Å²) in [7, 11) is 0. The highest BCUT2D eigenvalue weighted by Crippen LogP contribution is 2.26. The van der Waals surface area contributed by atoms with Crippen molar-refractivity contribution in [1.29, 1.82) is 0 Å². The van der Waals surface area contributed by atoms with E-state index in [1.807, 2.05) is 72.1 Å². The molecule has 0 bridgehead atoms. The second-order valence-electron chi connectivity index (χ2n) is 6.00. The van der Waals surface area contributed by atoms with Gasteiger partial charge in [0.25, 0.3) is 11.8 Å². The van der Waals surface area contributed by atoms with Crippen LogP contribution in [0.1, 0.15) is 20.0 Å². The lowest BCUT2D eigenvalue weighted by molar-refractivity contribution is 0.102. The summed E-state index contributed by atoms with van der Waals surface area (Å²) in [5, 5.41) is 9.50. The summed E-state index contributed by atoms with van der Waals surface area (Å²) in [6, 6.07) is 24.2. The number of anilines is 2. The van der Waals surface area contributed by atoms with E-state index in [0.717, 1.165) is 10.8 Å². The molecule has 2 amide bonds. The van der Waals surface area contributed by atoms with Crippen LogP contribution in [0.4, 0.5) is 11.4 Å². The average molecular weight is 372 g/mol. The molecule has 0 saturated carbocycles. The normalized spacial score (nSPS) is 10.5. The Balaban J connectivity index is 1.72. The largest absolute Gasteiger partial charge is 0.322 e. The number of rotatable bonds is 4. The Hall–Kier alpha value is -3.44. The predicted molar refractivity (Wildman–Crippen MR) is 111 cm³/mol. The van der Waals surface area contributed by atoms with Crippen molar-refractivity contribution in [3.05, 3.63) is 94.7 Å². The summed E-state index contributed by atoms with van der Waals surface area (Å²) in [4.78, 5) is 26.0. The molecule has 3 aromatic carbocycles. The van der Waals surface area contributed by atoms with E-state index in [0.29, 0.717) is 21.8 Å². The van der Waals surface area contributed by atoms with Crippen LogP contribution in [0.15, 0.2) is 84.2 Å². The number of hydrogen-bond acceptors (Lipinski definition) is 3. The van der Waals surface area contributed by atoms with Crippen LogP contribution >= 0.6 is 11.3 Å². The van der Waals surface area contributed by atoms with E-state index < -0.39 is 0 Å². The van der Waals surface area contributed by atoms with Gasteiger partial charge in [0.2, 0.25) is 0 Å². The third-order valence-corrected chi connectivity index (χ3v) is 5.02. The van der Waals surface area contributed by atoms with E-state index in [1.54, 1.807) is 12.1 Å². The highest BCUT2D eigenvalue weighted by Gasteiger charge is 2.16. The molecule has 132 valence electrons. The SMILES string of the molecule is O=C(Nc1cc2ccccc2cc1C(=O)Nc1ccccc1)c1cccs1. The molecule has 0 aliphatic heterocycles. The first-order valence-corrected chi connectivity index (χ1v) is 9.33. The van der Waals surface area contributed by atoms with E-state index in [1.165, 1.54) is 11.3 Å². The van der Waals surface area contributed by atoms with E-state index in [-0.39, 0.29) is 11.8 Å². The summed E-state index contributed by atoms with van der Waals surface area (Å²) in [6.07, 6.45) is 0. The van der Waals surface area contributed by atoms with Crippen molar-refractivity contribution in [3.63, 3.8) is 0 Å². The quantitative estimate of drug-likeness (QED) is 0.503. The third kappa shape index (κ3) is 3.73. The smallest absolute Gasteiger partial charge is 0.265 e. The predicted octanol–water partition coefficient (Wildman–Crippen LogP) is 5.41. The molecule has 0 spiro atoms. The molecule has 0 aliphatic carbocycles. The number of benzene rings is 3. The Morgan fingerprint density at radius 3 is 2.11 bits per heavy atom. The standard InChI is InChI=1S/C22H16N2O2S/c25-21(23-17-9-2-1-3-10-17)18-13-15-7-4-5-8-16(15)14-19(18)24-22(26)20-11-6-12-27-20/h1-14H,(H,23,25)(H,24,26). The molecule has 0 aliphatic rings. The van der Waals surface area contributed by atoms with Gasteiger partial charge in [-0.25, -0.2) is 0 Å². The highest BCUT2D eigenvalue weighted by atomic mass is 32.1. The van der Waals surface area contributed by atoms with Crippen molar-refractivity contribution < 1.29 is 9.59 Å². The number of hydrogen-bond donors (Lipinski definition) is 2. The van der Waals surface area contributed by atoms with Gasteiger partial charge in [-0.2, -0.15) is 0 Å². The van der Waals surface area contributed by atoms with E-state index in [4.69, 9.17) is 0 Å². The maximum absolute atomic E-state index is 12.9.